The normalized spacial score (nSPS) is 16.6. The van der Waals surface area contributed by atoms with Crippen LogP contribution < -0.4 is 5.32 Å². The van der Waals surface area contributed by atoms with E-state index in [9.17, 15) is 4.39 Å². The lowest BCUT2D eigenvalue weighted by Gasteiger charge is -2.31. The van der Waals surface area contributed by atoms with Gasteiger partial charge in [-0.15, -0.1) is 0 Å². The van der Waals surface area contributed by atoms with E-state index < -0.39 is 0 Å². The highest BCUT2D eigenvalue weighted by Crippen LogP contribution is 2.21. The van der Waals surface area contributed by atoms with Crippen molar-refractivity contribution in [1.29, 1.82) is 0 Å². The second-order valence-corrected chi connectivity index (χ2v) is 6.47. The zero-order chi connectivity index (χ0) is 15.1. The highest BCUT2D eigenvalue weighted by atomic mass is 35.5. The Balaban J connectivity index is 1.61. The van der Waals surface area contributed by atoms with E-state index >= 15 is 0 Å². The van der Waals surface area contributed by atoms with Gasteiger partial charge in [-0.3, -0.25) is 0 Å². The van der Waals surface area contributed by atoms with Crippen molar-refractivity contribution in [2.75, 3.05) is 20.1 Å². The minimum atomic E-state index is -0.227. The van der Waals surface area contributed by atoms with Gasteiger partial charge in [0.1, 0.15) is 5.82 Å². The SMILES string of the molecule is CN(CCCNCc1ccc(Cl)cc1F)C1CCCCC1. The summed E-state index contributed by atoms with van der Waals surface area (Å²) in [7, 11) is 2.23. The van der Waals surface area contributed by atoms with E-state index in [0.29, 0.717) is 17.1 Å². The Morgan fingerprint density at radius 2 is 2.05 bits per heavy atom. The van der Waals surface area contributed by atoms with Gasteiger partial charge < -0.3 is 10.2 Å². The minimum Gasteiger partial charge on any atom is -0.313 e. The van der Waals surface area contributed by atoms with Gasteiger partial charge in [-0.1, -0.05) is 36.9 Å². The van der Waals surface area contributed by atoms with Gasteiger partial charge >= 0.3 is 0 Å². The van der Waals surface area contributed by atoms with Crippen LogP contribution in [0.1, 0.15) is 44.1 Å². The first-order chi connectivity index (χ1) is 10.2. The number of halogens is 2. The largest absolute Gasteiger partial charge is 0.313 e. The molecule has 21 heavy (non-hydrogen) atoms. The number of nitrogens with one attached hydrogen (secondary N) is 1. The molecular formula is C17H26ClFN2. The molecule has 2 rings (SSSR count). The van der Waals surface area contributed by atoms with Gasteiger partial charge in [0.2, 0.25) is 0 Å². The van der Waals surface area contributed by atoms with Crippen molar-refractivity contribution in [2.24, 2.45) is 0 Å². The monoisotopic (exact) mass is 312 g/mol. The molecule has 1 aromatic carbocycles. The summed E-state index contributed by atoms with van der Waals surface area (Å²) >= 11 is 5.74. The summed E-state index contributed by atoms with van der Waals surface area (Å²) in [4.78, 5) is 2.49. The standard InChI is InChI=1S/C17H26ClFN2/c1-21(16-6-3-2-4-7-16)11-5-10-20-13-14-8-9-15(18)12-17(14)19/h8-9,12,16,20H,2-7,10-11,13H2,1H3. The van der Waals surface area contributed by atoms with Crippen LogP contribution in [0.4, 0.5) is 4.39 Å². The quantitative estimate of drug-likeness (QED) is 0.758. The second-order valence-electron chi connectivity index (χ2n) is 6.04. The van der Waals surface area contributed by atoms with Gasteiger partial charge in [-0.05, 0) is 51.5 Å². The molecule has 1 aliphatic rings. The Morgan fingerprint density at radius 1 is 1.29 bits per heavy atom. The molecule has 1 N–H and O–H groups in total. The maximum atomic E-state index is 13.6. The fourth-order valence-corrected chi connectivity index (χ4v) is 3.20. The van der Waals surface area contributed by atoms with E-state index in [2.05, 4.69) is 17.3 Å². The highest BCUT2D eigenvalue weighted by molar-refractivity contribution is 6.30. The van der Waals surface area contributed by atoms with Crippen LogP contribution in [0, 0.1) is 5.82 Å². The van der Waals surface area contributed by atoms with Gasteiger partial charge in [0.05, 0.1) is 0 Å². The molecule has 1 saturated carbocycles. The summed E-state index contributed by atoms with van der Waals surface area (Å²) in [5.74, 6) is -0.227. The topological polar surface area (TPSA) is 15.3 Å². The Hall–Kier alpha value is -0.640. The van der Waals surface area contributed by atoms with Crippen LogP contribution >= 0.6 is 11.6 Å². The zero-order valence-electron chi connectivity index (χ0n) is 12.9. The van der Waals surface area contributed by atoms with Crippen LogP contribution in [0.15, 0.2) is 18.2 Å². The summed E-state index contributed by atoms with van der Waals surface area (Å²) in [5, 5.41) is 3.76. The van der Waals surface area contributed by atoms with Crippen molar-refractivity contribution in [3.05, 3.63) is 34.6 Å². The molecular weight excluding hydrogens is 287 g/mol. The predicted molar refractivity (Wildman–Crippen MR) is 87.2 cm³/mol. The molecule has 4 heteroatoms. The van der Waals surface area contributed by atoms with Crippen LogP contribution in [0.3, 0.4) is 0 Å². The number of rotatable bonds is 7. The number of hydrogen-bond acceptors (Lipinski definition) is 2. The van der Waals surface area contributed by atoms with Crippen LogP contribution in [-0.4, -0.2) is 31.1 Å². The third-order valence-electron chi connectivity index (χ3n) is 4.39. The molecule has 2 nitrogen and oxygen atoms in total. The van der Waals surface area contributed by atoms with E-state index in [1.54, 1.807) is 12.1 Å². The summed E-state index contributed by atoms with van der Waals surface area (Å²) in [6.45, 7) is 2.59. The van der Waals surface area contributed by atoms with Crippen molar-refractivity contribution >= 4 is 11.6 Å². The Bertz CT molecular complexity index is 433. The smallest absolute Gasteiger partial charge is 0.129 e. The molecule has 0 aliphatic heterocycles. The van der Waals surface area contributed by atoms with Gasteiger partial charge in [0, 0.05) is 23.2 Å². The van der Waals surface area contributed by atoms with Crippen LogP contribution in [0.2, 0.25) is 5.02 Å². The fraction of sp³-hybridized carbons (Fsp3) is 0.647. The van der Waals surface area contributed by atoms with E-state index in [1.807, 2.05) is 0 Å². The van der Waals surface area contributed by atoms with Crippen molar-refractivity contribution in [1.82, 2.24) is 10.2 Å². The summed E-state index contributed by atoms with van der Waals surface area (Å²) in [6.07, 6.45) is 7.95. The molecule has 1 aliphatic carbocycles. The molecule has 0 radical (unpaired) electrons. The summed E-state index contributed by atoms with van der Waals surface area (Å²) < 4.78 is 13.6. The lowest BCUT2D eigenvalue weighted by Crippen LogP contribution is -2.35. The number of benzene rings is 1. The lowest BCUT2D eigenvalue weighted by molar-refractivity contribution is 0.189. The van der Waals surface area contributed by atoms with Crippen molar-refractivity contribution < 1.29 is 4.39 Å². The van der Waals surface area contributed by atoms with Crippen molar-refractivity contribution in [3.8, 4) is 0 Å². The second kappa shape index (κ2) is 8.72. The molecule has 0 heterocycles. The molecule has 0 atom stereocenters. The average Bonchev–Trinajstić information content (AvgIpc) is 2.49. The molecule has 118 valence electrons. The third-order valence-corrected chi connectivity index (χ3v) is 4.63. The summed E-state index contributed by atoms with van der Waals surface area (Å²) in [5.41, 5.74) is 0.681. The predicted octanol–water partition coefficient (Wildman–Crippen LogP) is 4.22. The van der Waals surface area contributed by atoms with Crippen molar-refractivity contribution in [3.63, 3.8) is 0 Å². The maximum Gasteiger partial charge on any atom is 0.129 e. The fourth-order valence-electron chi connectivity index (χ4n) is 3.05. The highest BCUT2D eigenvalue weighted by Gasteiger charge is 2.17. The van der Waals surface area contributed by atoms with Crippen LogP contribution in [0.25, 0.3) is 0 Å². The molecule has 0 spiro atoms. The van der Waals surface area contributed by atoms with E-state index in [0.717, 1.165) is 25.6 Å². The number of hydrogen-bond donors (Lipinski definition) is 1. The van der Waals surface area contributed by atoms with Gasteiger partial charge in [-0.25, -0.2) is 4.39 Å². The summed E-state index contributed by atoms with van der Waals surface area (Å²) in [6, 6.07) is 5.62. The molecule has 0 bridgehead atoms. The first kappa shape index (κ1) is 16.7. The molecule has 1 fully saturated rings. The van der Waals surface area contributed by atoms with E-state index in [1.165, 1.54) is 38.2 Å². The Labute approximate surface area is 132 Å². The van der Waals surface area contributed by atoms with Crippen LogP contribution in [-0.2, 0) is 6.54 Å². The lowest BCUT2D eigenvalue weighted by atomic mass is 9.94. The number of nitrogens with zero attached hydrogens (tertiary/aromatic N) is 1. The average molecular weight is 313 g/mol. The molecule has 1 aromatic rings. The third kappa shape index (κ3) is 5.57. The first-order valence-corrected chi connectivity index (χ1v) is 8.39. The van der Waals surface area contributed by atoms with Gasteiger partial charge in [0.15, 0.2) is 0 Å². The van der Waals surface area contributed by atoms with Crippen molar-refractivity contribution in [2.45, 2.75) is 51.1 Å². The minimum absolute atomic E-state index is 0.227. The van der Waals surface area contributed by atoms with Crippen LogP contribution in [0.5, 0.6) is 0 Å². The molecule has 0 aromatic heterocycles. The maximum absolute atomic E-state index is 13.6. The first-order valence-electron chi connectivity index (χ1n) is 8.01. The molecule has 0 unspecified atom stereocenters. The van der Waals surface area contributed by atoms with Gasteiger partial charge in [-0.2, -0.15) is 0 Å². The van der Waals surface area contributed by atoms with E-state index in [4.69, 9.17) is 11.6 Å². The molecule has 0 saturated heterocycles. The van der Waals surface area contributed by atoms with Gasteiger partial charge in [0.25, 0.3) is 0 Å². The Kier molecular flexibility index (Phi) is 6.94. The zero-order valence-corrected chi connectivity index (χ0v) is 13.6. The van der Waals surface area contributed by atoms with E-state index in [-0.39, 0.29) is 5.82 Å². The Morgan fingerprint density at radius 3 is 2.76 bits per heavy atom. The molecule has 0 amide bonds.